The van der Waals surface area contributed by atoms with Gasteiger partial charge in [-0.3, -0.25) is 18.7 Å². The Bertz CT molecular complexity index is 1270. The minimum atomic E-state index is -0.763. The van der Waals surface area contributed by atoms with Crippen molar-refractivity contribution in [2.24, 2.45) is 12.8 Å². The van der Waals surface area contributed by atoms with Gasteiger partial charge in [0.2, 0.25) is 11.9 Å². The summed E-state index contributed by atoms with van der Waals surface area (Å²) in [5, 5.41) is 3.30. The predicted octanol–water partition coefficient (Wildman–Crippen LogP) is -1.01. The lowest BCUT2D eigenvalue weighted by Gasteiger charge is -2.29. The van der Waals surface area contributed by atoms with E-state index in [1.54, 1.807) is 10.6 Å². The van der Waals surface area contributed by atoms with Crippen LogP contribution in [0.5, 0.6) is 0 Å². The van der Waals surface area contributed by atoms with Crippen LogP contribution >= 0.6 is 0 Å². The van der Waals surface area contributed by atoms with Crippen molar-refractivity contribution in [1.29, 1.82) is 0 Å². The number of piperazine rings is 1. The van der Waals surface area contributed by atoms with E-state index >= 15 is 0 Å². The monoisotopic (exact) mass is 409 g/mol. The Morgan fingerprint density at radius 2 is 2.03 bits per heavy atom. The molecule has 0 aromatic carbocycles. The van der Waals surface area contributed by atoms with Gasteiger partial charge in [0.25, 0.3) is 5.56 Å². The second kappa shape index (κ2) is 7.68. The van der Waals surface area contributed by atoms with Crippen molar-refractivity contribution in [2.75, 3.05) is 31.1 Å². The molecule has 1 saturated heterocycles. The Hall–Kier alpha value is -3.58. The fraction of sp³-hybridized carbons (Fsp3) is 0.400. The molecule has 0 unspecified atom stereocenters. The maximum Gasteiger partial charge on any atom is 0.332 e. The van der Waals surface area contributed by atoms with Crippen LogP contribution in [0.2, 0.25) is 0 Å². The van der Waals surface area contributed by atoms with Crippen molar-refractivity contribution in [3.63, 3.8) is 0 Å². The number of aryl methyl sites for hydroxylation is 1. The van der Waals surface area contributed by atoms with Gasteiger partial charge in [-0.15, -0.1) is 0 Å². The normalized spacial score (nSPS) is 16.5. The molecule has 0 spiro atoms. The summed E-state index contributed by atoms with van der Waals surface area (Å²) in [4.78, 5) is 44.4. The highest BCUT2D eigenvalue weighted by Crippen LogP contribution is 2.29. The highest BCUT2D eigenvalue weighted by Gasteiger charge is 2.27. The van der Waals surface area contributed by atoms with E-state index in [2.05, 4.69) is 22.1 Å². The van der Waals surface area contributed by atoms with Crippen LogP contribution in [0.25, 0.3) is 16.9 Å². The van der Waals surface area contributed by atoms with Gasteiger partial charge in [0.05, 0.1) is 6.42 Å². The summed E-state index contributed by atoms with van der Waals surface area (Å²) < 4.78 is 3.94. The van der Waals surface area contributed by atoms with Crippen LogP contribution in [0.4, 0.5) is 5.95 Å². The highest BCUT2D eigenvalue weighted by atomic mass is 16.2. The zero-order chi connectivity index (χ0) is 21.4. The van der Waals surface area contributed by atoms with E-state index in [-0.39, 0.29) is 11.2 Å². The molecule has 1 fully saturated rings. The van der Waals surface area contributed by atoms with Gasteiger partial charge < -0.3 is 16.0 Å². The first-order valence-corrected chi connectivity index (χ1v) is 9.71. The Morgan fingerprint density at radius 1 is 1.30 bits per heavy atom. The van der Waals surface area contributed by atoms with Gasteiger partial charge in [-0.1, -0.05) is 11.8 Å². The molecule has 156 valence electrons. The summed E-state index contributed by atoms with van der Waals surface area (Å²) in [5.41, 5.74) is 6.30. The smallest absolute Gasteiger partial charge is 0.332 e. The number of carbonyl (C=O) groups excluding carboxylic acids is 1. The first-order chi connectivity index (χ1) is 14.4. The number of hydrogen-bond acceptors (Lipinski definition) is 6. The van der Waals surface area contributed by atoms with Crippen molar-refractivity contribution < 1.29 is 4.79 Å². The maximum atomic E-state index is 13.4. The lowest BCUT2D eigenvalue weighted by molar-refractivity contribution is -0.118. The third-order valence-electron chi connectivity index (χ3n) is 5.34. The molecule has 1 aliphatic carbocycles. The molecule has 1 amide bonds. The number of allylic oxidation sites excluding steroid dienone is 4. The molecular weight excluding hydrogens is 386 g/mol. The Balaban J connectivity index is 2.10. The Morgan fingerprint density at radius 3 is 2.73 bits per heavy atom. The molecule has 3 heterocycles. The highest BCUT2D eigenvalue weighted by molar-refractivity contribution is 5.82. The van der Waals surface area contributed by atoms with Gasteiger partial charge in [0.1, 0.15) is 6.54 Å². The lowest BCUT2D eigenvalue weighted by Crippen LogP contribution is -2.44. The SMILES string of the molecule is CC1=C(n2c(N3CCNCC3)nc3c2c(=O)n(CC(N)=O)c(=O)n3C)CC#CC=C1. The molecule has 2 aromatic rings. The van der Waals surface area contributed by atoms with Crippen molar-refractivity contribution in [1.82, 2.24) is 24.0 Å². The minimum Gasteiger partial charge on any atom is -0.368 e. The Labute approximate surface area is 172 Å². The topological polar surface area (TPSA) is 120 Å². The number of amides is 1. The molecule has 0 radical (unpaired) electrons. The largest absolute Gasteiger partial charge is 0.368 e. The average molecular weight is 409 g/mol. The molecule has 30 heavy (non-hydrogen) atoms. The van der Waals surface area contributed by atoms with Crippen LogP contribution in [0.15, 0.2) is 27.3 Å². The van der Waals surface area contributed by atoms with E-state index in [4.69, 9.17) is 10.7 Å². The summed E-state index contributed by atoms with van der Waals surface area (Å²) >= 11 is 0. The fourth-order valence-electron chi connectivity index (χ4n) is 3.79. The molecule has 2 aliphatic rings. The first-order valence-electron chi connectivity index (χ1n) is 9.71. The number of nitrogens with two attached hydrogens (primary N) is 1. The molecule has 10 nitrogen and oxygen atoms in total. The molecular formula is C20H23N7O3. The van der Waals surface area contributed by atoms with Gasteiger partial charge in [-0.2, -0.15) is 4.98 Å². The van der Waals surface area contributed by atoms with Crippen LogP contribution in [0.1, 0.15) is 13.3 Å². The number of primary amides is 1. The number of hydrogen-bond donors (Lipinski definition) is 2. The number of carbonyl (C=O) groups is 1. The molecule has 0 atom stereocenters. The summed E-state index contributed by atoms with van der Waals surface area (Å²) in [5.74, 6) is 5.86. The van der Waals surface area contributed by atoms with Gasteiger partial charge >= 0.3 is 5.69 Å². The second-order valence-corrected chi connectivity index (χ2v) is 7.32. The molecule has 0 bridgehead atoms. The first kappa shape index (κ1) is 19.7. The molecule has 10 heteroatoms. The second-order valence-electron chi connectivity index (χ2n) is 7.32. The van der Waals surface area contributed by atoms with Crippen molar-refractivity contribution in [3.8, 4) is 11.8 Å². The molecule has 4 rings (SSSR count). The third-order valence-corrected chi connectivity index (χ3v) is 5.34. The van der Waals surface area contributed by atoms with E-state index in [1.807, 2.05) is 13.0 Å². The molecule has 3 N–H and O–H groups in total. The number of imidazole rings is 1. The van der Waals surface area contributed by atoms with Crippen molar-refractivity contribution in [2.45, 2.75) is 19.9 Å². The molecule has 2 aromatic heterocycles. The average Bonchev–Trinajstić information content (AvgIpc) is 3.00. The third kappa shape index (κ3) is 3.23. The molecule has 1 aliphatic heterocycles. The lowest BCUT2D eigenvalue weighted by atomic mass is 10.2. The van der Waals surface area contributed by atoms with Crippen LogP contribution in [0.3, 0.4) is 0 Å². The molecule has 0 saturated carbocycles. The van der Waals surface area contributed by atoms with E-state index in [0.717, 1.165) is 28.9 Å². The van der Waals surface area contributed by atoms with Crippen molar-refractivity contribution in [3.05, 3.63) is 38.6 Å². The van der Waals surface area contributed by atoms with Crippen LogP contribution in [0, 0.1) is 11.8 Å². The zero-order valence-electron chi connectivity index (χ0n) is 16.9. The van der Waals surface area contributed by atoms with E-state index in [0.29, 0.717) is 25.5 Å². The summed E-state index contributed by atoms with van der Waals surface area (Å²) in [7, 11) is 1.54. The van der Waals surface area contributed by atoms with Crippen molar-refractivity contribution >= 4 is 28.7 Å². The van der Waals surface area contributed by atoms with Crippen LogP contribution < -0.4 is 27.2 Å². The zero-order valence-corrected chi connectivity index (χ0v) is 16.9. The van der Waals surface area contributed by atoms with Gasteiger partial charge in [0.15, 0.2) is 11.2 Å². The van der Waals surface area contributed by atoms with Gasteiger partial charge in [-0.25, -0.2) is 9.36 Å². The van der Waals surface area contributed by atoms with E-state index in [9.17, 15) is 14.4 Å². The maximum absolute atomic E-state index is 13.4. The number of aromatic nitrogens is 4. The standard InChI is InChI=1S/C20H23N7O3/c1-13-6-4-3-5-7-14(13)27-16-17(23-19(27)25-10-8-22-9-11-25)24(2)20(30)26(18(16)29)12-15(21)28/h4,6,22H,7-12H2,1-2H3,(H2,21,28). The van der Waals surface area contributed by atoms with E-state index < -0.39 is 23.7 Å². The van der Waals surface area contributed by atoms with Gasteiger partial charge in [0, 0.05) is 38.9 Å². The van der Waals surface area contributed by atoms with E-state index in [1.165, 1.54) is 11.6 Å². The summed E-state index contributed by atoms with van der Waals surface area (Å²) in [6, 6.07) is 0. The van der Waals surface area contributed by atoms with Crippen LogP contribution in [-0.4, -0.2) is 50.8 Å². The van der Waals surface area contributed by atoms with Crippen LogP contribution in [-0.2, 0) is 18.4 Å². The minimum absolute atomic E-state index is 0.235. The summed E-state index contributed by atoms with van der Waals surface area (Å²) in [6.45, 7) is 4.43. The number of nitrogens with one attached hydrogen (secondary N) is 1. The number of rotatable bonds is 4. The number of fused-ring (bicyclic) bond motifs is 1. The number of anilines is 1. The quantitative estimate of drug-likeness (QED) is 0.624. The summed E-state index contributed by atoms with van der Waals surface area (Å²) in [6.07, 6.45) is 4.08. The number of nitrogens with zero attached hydrogens (tertiary/aromatic N) is 5. The fourth-order valence-corrected chi connectivity index (χ4v) is 3.79. The van der Waals surface area contributed by atoms with Gasteiger partial charge in [-0.05, 0) is 24.6 Å². The Kier molecular flexibility index (Phi) is 5.05. The predicted molar refractivity (Wildman–Crippen MR) is 114 cm³/mol.